The van der Waals surface area contributed by atoms with Crippen molar-refractivity contribution in [2.75, 3.05) is 5.32 Å². The maximum atomic E-state index is 12.1. The third-order valence-corrected chi connectivity index (χ3v) is 3.17. The van der Waals surface area contributed by atoms with Crippen LogP contribution in [-0.2, 0) is 0 Å². The molecule has 1 amide bonds. The number of aromatic carboxylic acids is 2. The van der Waals surface area contributed by atoms with E-state index in [1.807, 2.05) is 0 Å². The highest BCUT2D eigenvalue weighted by Gasteiger charge is 2.16. The quantitative estimate of drug-likeness (QED) is 0.803. The molecule has 2 aromatic carbocycles. The molecule has 0 saturated carbocycles. The van der Waals surface area contributed by atoms with Crippen molar-refractivity contribution >= 4 is 35.1 Å². The summed E-state index contributed by atoms with van der Waals surface area (Å²) in [4.78, 5) is 34.1. The van der Waals surface area contributed by atoms with Gasteiger partial charge in [0.15, 0.2) is 0 Å². The molecule has 0 atom stereocenters. The first-order valence-electron chi connectivity index (χ1n) is 6.06. The molecule has 2 aromatic rings. The summed E-state index contributed by atoms with van der Waals surface area (Å²) in [7, 11) is 0. The third-order valence-electron chi connectivity index (χ3n) is 2.86. The number of hydrogen-bond donors (Lipinski definition) is 3. The number of benzene rings is 2. The lowest BCUT2D eigenvalue weighted by atomic mass is 10.1. The monoisotopic (exact) mass is 319 g/mol. The summed E-state index contributed by atoms with van der Waals surface area (Å²) in [6.07, 6.45) is 0. The van der Waals surface area contributed by atoms with Crippen LogP contribution in [0.5, 0.6) is 0 Å². The van der Waals surface area contributed by atoms with Crippen molar-refractivity contribution in [3.8, 4) is 0 Å². The summed E-state index contributed by atoms with van der Waals surface area (Å²) in [6, 6.07) is 9.66. The van der Waals surface area contributed by atoms with Crippen LogP contribution in [0.3, 0.4) is 0 Å². The number of nitrogens with one attached hydrogen (secondary N) is 1. The van der Waals surface area contributed by atoms with Gasteiger partial charge in [0.05, 0.1) is 21.7 Å². The topological polar surface area (TPSA) is 104 Å². The second-order valence-electron chi connectivity index (χ2n) is 4.30. The molecule has 112 valence electrons. The Morgan fingerprint density at radius 3 is 2.00 bits per heavy atom. The molecule has 0 aliphatic carbocycles. The summed E-state index contributed by atoms with van der Waals surface area (Å²) < 4.78 is 0. The van der Waals surface area contributed by atoms with E-state index < -0.39 is 17.8 Å². The molecule has 0 aliphatic heterocycles. The maximum Gasteiger partial charge on any atom is 0.337 e. The average molecular weight is 320 g/mol. The van der Waals surface area contributed by atoms with Crippen LogP contribution in [0.4, 0.5) is 5.69 Å². The zero-order valence-electron chi connectivity index (χ0n) is 11.0. The van der Waals surface area contributed by atoms with Crippen LogP contribution < -0.4 is 5.32 Å². The van der Waals surface area contributed by atoms with Gasteiger partial charge in [0, 0.05) is 5.69 Å². The van der Waals surface area contributed by atoms with E-state index in [-0.39, 0.29) is 27.4 Å². The molecule has 0 unspecified atom stereocenters. The van der Waals surface area contributed by atoms with Crippen LogP contribution in [0.25, 0.3) is 0 Å². The number of anilines is 1. The zero-order chi connectivity index (χ0) is 16.3. The summed E-state index contributed by atoms with van der Waals surface area (Å²) in [6.45, 7) is 0. The van der Waals surface area contributed by atoms with Crippen LogP contribution in [0.1, 0.15) is 31.1 Å². The van der Waals surface area contributed by atoms with Crippen molar-refractivity contribution in [2.24, 2.45) is 0 Å². The minimum Gasteiger partial charge on any atom is -0.478 e. The highest BCUT2D eigenvalue weighted by atomic mass is 35.5. The number of amides is 1. The third kappa shape index (κ3) is 3.24. The Morgan fingerprint density at radius 1 is 0.864 bits per heavy atom. The van der Waals surface area contributed by atoms with Crippen LogP contribution in [0.2, 0.25) is 5.02 Å². The molecule has 22 heavy (non-hydrogen) atoms. The van der Waals surface area contributed by atoms with Gasteiger partial charge in [-0.3, -0.25) is 4.79 Å². The van der Waals surface area contributed by atoms with E-state index in [0.29, 0.717) is 0 Å². The Balaban J connectivity index is 2.28. The highest BCUT2D eigenvalue weighted by molar-refractivity contribution is 6.33. The first-order valence-corrected chi connectivity index (χ1v) is 6.44. The van der Waals surface area contributed by atoms with Gasteiger partial charge in [-0.05, 0) is 30.3 Å². The predicted octanol–water partition coefficient (Wildman–Crippen LogP) is 2.99. The molecular formula is C15H10ClNO5. The molecule has 0 fully saturated rings. The average Bonchev–Trinajstić information content (AvgIpc) is 2.46. The molecule has 7 heteroatoms. The normalized spacial score (nSPS) is 10.0. The summed E-state index contributed by atoms with van der Waals surface area (Å²) >= 11 is 5.81. The molecule has 0 aliphatic rings. The lowest BCUT2D eigenvalue weighted by Crippen LogP contribution is -2.16. The van der Waals surface area contributed by atoms with Crippen molar-refractivity contribution in [1.82, 2.24) is 0 Å². The first-order chi connectivity index (χ1) is 10.4. The second-order valence-corrected chi connectivity index (χ2v) is 4.71. The Morgan fingerprint density at radius 2 is 1.45 bits per heavy atom. The van der Waals surface area contributed by atoms with Crippen molar-refractivity contribution in [3.05, 3.63) is 64.2 Å². The van der Waals surface area contributed by atoms with E-state index in [1.165, 1.54) is 36.4 Å². The number of rotatable bonds is 4. The molecule has 2 rings (SSSR count). The van der Waals surface area contributed by atoms with Gasteiger partial charge in [0.25, 0.3) is 5.91 Å². The highest BCUT2D eigenvalue weighted by Crippen LogP contribution is 2.22. The summed E-state index contributed by atoms with van der Waals surface area (Å²) in [5, 5.41) is 20.4. The van der Waals surface area contributed by atoms with Crippen molar-refractivity contribution in [3.63, 3.8) is 0 Å². The SMILES string of the molecule is O=C(O)c1ccc(NC(=O)c2ccccc2C(=O)O)cc1Cl. The van der Waals surface area contributed by atoms with Gasteiger partial charge in [0.2, 0.25) is 0 Å². The van der Waals surface area contributed by atoms with Gasteiger partial charge in [0.1, 0.15) is 0 Å². The van der Waals surface area contributed by atoms with Crippen LogP contribution in [0, 0.1) is 0 Å². The zero-order valence-corrected chi connectivity index (χ0v) is 11.8. The van der Waals surface area contributed by atoms with Gasteiger partial charge in [-0.15, -0.1) is 0 Å². The Bertz CT molecular complexity index is 772. The number of carbonyl (C=O) groups excluding carboxylic acids is 1. The standard InChI is InChI=1S/C15H10ClNO5/c16-12-7-8(5-6-11(12)15(21)22)17-13(18)9-3-1-2-4-10(9)14(19)20/h1-7H,(H,17,18)(H,19,20)(H,21,22). The van der Waals surface area contributed by atoms with E-state index in [9.17, 15) is 14.4 Å². The summed E-state index contributed by atoms with van der Waals surface area (Å²) in [5.74, 6) is -3.03. The molecule has 0 aromatic heterocycles. The molecule has 0 heterocycles. The number of carbonyl (C=O) groups is 3. The minimum atomic E-state index is -1.22. The fourth-order valence-corrected chi connectivity index (χ4v) is 2.09. The van der Waals surface area contributed by atoms with Gasteiger partial charge >= 0.3 is 11.9 Å². The number of carboxylic acid groups (broad SMARTS) is 2. The van der Waals surface area contributed by atoms with Gasteiger partial charge in [-0.2, -0.15) is 0 Å². The Hall–Kier alpha value is -2.86. The smallest absolute Gasteiger partial charge is 0.337 e. The van der Waals surface area contributed by atoms with Crippen LogP contribution in [-0.4, -0.2) is 28.1 Å². The second kappa shape index (κ2) is 6.28. The number of carboxylic acids is 2. The Kier molecular flexibility index (Phi) is 4.43. The molecule has 0 radical (unpaired) electrons. The van der Waals surface area contributed by atoms with Crippen LogP contribution in [0.15, 0.2) is 42.5 Å². The molecular weight excluding hydrogens is 310 g/mol. The van der Waals surface area contributed by atoms with Crippen LogP contribution >= 0.6 is 11.6 Å². The lowest BCUT2D eigenvalue weighted by Gasteiger charge is -2.09. The van der Waals surface area contributed by atoms with E-state index in [0.717, 1.165) is 0 Å². The molecule has 0 saturated heterocycles. The lowest BCUT2D eigenvalue weighted by molar-refractivity contribution is 0.0684. The van der Waals surface area contributed by atoms with Gasteiger partial charge in [-0.25, -0.2) is 9.59 Å². The van der Waals surface area contributed by atoms with Gasteiger partial charge in [-0.1, -0.05) is 23.7 Å². The van der Waals surface area contributed by atoms with Crippen molar-refractivity contribution < 1.29 is 24.6 Å². The van der Waals surface area contributed by atoms with Crippen molar-refractivity contribution in [2.45, 2.75) is 0 Å². The number of halogens is 1. The molecule has 0 bridgehead atoms. The minimum absolute atomic E-state index is 0.00608. The van der Waals surface area contributed by atoms with E-state index in [2.05, 4.69) is 5.32 Å². The van der Waals surface area contributed by atoms with Gasteiger partial charge < -0.3 is 15.5 Å². The van der Waals surface area contributed by atoms with E-state index >= 15 is 0 Å². The largest absolute Gasteiger partial charge is 0.478 e. The van der Waals surface area contributed by atoms with E-state index in [4.69, 9.17) is 21.8 Å². The maximum absolute atomic E-state index is 12.1. The molecule has 6 nitrogen and oxygen atoms in total. The fraction of sp³-hybridized carbons (Fsp3) is 0. The Labute approximate surface area is 130 Å². The van der Waals surface area contributed by atoms with Crippen molar-refractivity contribution in [1.29, 1.82) is 0 Å². The molecule has 0 spiro atoms. The number of hydrogen-bond acceptors (Lipinski definition) is 3. The predicted molar refractivity (Wildman–Crippen MR) is 79.8 cm³/mol. The first kappa shape index (κ1) is 15.5. The fourth-order valence-electron chi connectivity index (χ4n) is 1.83. The van der Waals surface area contributed by atoms with E-state index in [1.54, 1.807) is 6.07 Å². The summed E-state index contributed by atoms with van der Waals surface area (Å²) in [5.41, 5.74) is 0.0347. The molecule has 3 N–H and O–H groups in total.